The van der Waals surface area contributed by atoms with Gasteiger partial charge < -0.3 is 15.8 Å². The second-order valence-corrected chi connectivity index (χ2v) is 5.01. The normalized spacial score (nSPS) is 16.8. The molecule has 0 bridgehead atoms. The Morgan fingerprint density at radius 3 is 2.82 bits per heavy atom. The zero-order valence-corrected chi connectivity index (χ0v) is 10.7. The van der Waals surface area contributed by atoms with Crippen LogP contribution in [0, 0.1) is 11.8 Å². The molecule has 3 N–H and O–H groups in total. The van der Waals surface area contributed by atoms with Crippen molar-refractivity contribution >= 4 is 5.69 Å². The molecule has 1 atom stereocenters. The monoisotopic (exact) mass is 234 g/mol. The van der Waals surface area contributed by atoms with Gasteiger partial charge in [-0.05, 0) is 42.9 Å². The fraction of sp³-hybridized carbons (Fsp3) is 0.571. The van der Waals surface area contributed by atoms with E-state index in [4.69, 9.17) is 10.5 Å². The summed E-state index contributed by atoms with van der Waals surface area (Å²) in [7, 11) is 1.66. The summed E-state index contributed by atoms with van der Waals surface area (Å²) in [5, 5.41) is 3.48. The Labute approximate surface area is 103 Å². The quantitative estimate of drug-likeness (QED) is 0.743. The molecule has 94 valence electrons. The summed E-state index contributed by atoms with van der Waals surface area (Å²) < 4.78 is 5.13. The standard InChI is InChI=1S/C14H22N2O/c1-10(11-3-4-11)8-16-9-12-5-6-13(17-2)7-14(12)15/h5-7,10-11,16H,3-4,8-9,15H2,1-2H3. The van der Waals surface area contributed by atoms with Gasteiger partial charge in [0.15, 0.2) is 0 Å². The molecule has 1 aliphatic rings. The molecule has 3 heteroatoms. The van der Waals surface area contributed by atoms with E-state index in [1.54, 1.807) is 7.11 Å². The van der Waals surface area contributed by atoms with Crippen molar-refractivity contribution in [2.45, 2.75) is 26.3 Å². The van der Waals surface area contributed by atoms with Gasteiger partial charge in [-0.2, -0.15) is 0 Å². The molecule has 0 radical (unpaired) electrons. The summed E-state index contributed by atoms with van der Waals surface area (Å²) in [4.78, 5) is 0. The molecule has 1 saturated carbocycles. The van der Waals surface area contributed by atoms with Gasteiger partial charge in [-0.25, -0.2) is 0 Å². The van der Waals surface area contributed by atoms with Crippen molar-refractivity contribution < 1.29 is 4.74 Å². The van der Waals surface area contributed by atoms with E-state index in [9.17, 15) is 0 Å². The van der Waals surface area contributed by atoms with E-state index in [0.29, 0.717) is 0 Å². The number of anilines is 1. The number of nitrogens with one attached hydrogen (secondary N) is 1. The van der Waals surface area contributed by atoms with Crippen LogP contribution >= 0.6 is 0 Å². The third kappa shape index (κ3) is 3.37. The third-order valence-corrected chi connectivity index (χ3v) is 3.56. The van der Waals surface area contributed by atoms with Crippen LogP contribution in [-0.2, 0) is 6.54 Å². The average Bonchev–Trinajstić information content (AvgIpc) is 3.15. The van der Waals surface area contributed by atoms with Crippen LogP contribution in [0.1, 0.15) is 25.3 Å². The minimum absolute atomic E-state index is 0.787. The zero-order valence-electron chi connectivity index (χ0n) is 10.7. The molecule has 0 saturated heterocycles. The van der Waals surface area contributed by atoms with Crippen molar-refractivity contribution in [2.75, 3.05) is 19.4 Å². The van der Waals surface area contributed by atoms with Gasteiger partial charge >= 0.3 is 0 Å². The Hall–Kier alpha value is -1.22. The summed E-state index contributed by atoms with van der Waals surface area (Å²) in [6.45, 7) is 4.24. The van der Waals surface area contributed by atoms with Gasteiger partial charge in [-0.3, -0.25) is 0 Å². The van der Waals surface area contributed by atoms with Crippen molar-refractivity contribution in [3.05, 3.63) is 23.8 Å². The highest BCUT2D eigenvalue weighted by Crippen LogP contribution is 2.36. The van der Waals surface area contributed by atoms with E-state index < -0.39 is 0 Å². The first-order chi connectivity index (χ1) is 8.20. The molecule has 1 aromatic carbocycles. The second-order valence-electron chi connectivity index (χ2n) is 5.01. The zero-order chi connectivity index (χ0) is 12.3. The lowest BCUT2D eigenvalue weighted by Crippen LogP contribution is -2.22. The van der Waals surface area contributed by atoms with Gasteiger partial charge in [0, 0.05) is 18.3 Å². The first-order valence-corrected chi connectivity index (χ1v) is 6.34. The van der Waals surface area contributed by atoms with Gasteiger partial charge in [0.2, 0.25) is 0 Å². The Bertz CT molecular complexity index is 374. The number of nitrogens with two attached hydrogens (primary N) is 1. The van der Waals surface area contributed by atoms with Crippen molar-refractivity contribution in [1.82, 2.24) is 5.32 Å². The summed E-state index contributed by atoms with van der Waals surface area (Å²) >= 11 is 0. The van der Waals surface area contributed by atoms with E-state index in [1.165, 1.54) is 12.8 Å². The van der Waals surface area contributed by atoms with Crippen LogP contribution in [0.15, 0.2) is 18.2 Å². The van der Waals surface area contributed by atoms with Crippen LogP contribution in [0.3, 0.4) is 0 Å². The SMILES string of the molecule is COc1ccc(CNCC(C)C2CC2)c(N)c1. The highest BCUT2D eigenvalue weighted by atomic mass is 16.5. The number of ether oxygens (including phenoxy) is 1. The maximum atomic E-state index is 5.97. The van der Waals surface area contributed by atoms with Crippen LogP contribution < -0.4 is 15.8 Å². The number of methoxy groups -OCH3 is 1. The minimum atomic E-state index is 0.787. The molecule has 1 aromatic rings. The fourth-order valence-electron chi connectivity index (χ4n) is 2.13. The number of rotatable bonds is 6. The smallest absolute Gasteiger partial charge is 0.120 e. The lowest BCUT2D eigenvalue weighted by Gasteiger charge is -2.13. The maximum absolute atomic E-state index is 5.97. The largest absolute Gasteiger partial charge is 0.497 e. The van der Waals surface area contributed by atoms with Gasteiger partial charge in [-0.1, -0.05) is 13.0 Å². The van der Waals surface area contributed by atoms with E-state index in [1.807, 2.05) is 18.2 Å². The van der Waals surface area contributed by atoms with Crippen LogP contribution in [0.25, 0.3) is 0 Å². The predicted octanol–water partition coefficient (Wildman–Crippen LogP) is 2.41. The molecule has 0 spiro atoms. The summed E-state index contributed by atoms with van der Waals surface area (Å²) in [6.07, 6.45) is 2.82. The molecule has 2 rings (SSSR count). The third-order valence-electron chi connectivity index (χ3n) is 3.56. The predicted molar refractivity (Wildman–Crippen MR) is 71.0 cm³/mol. The number of nitrogen functional groups attached to an aromatic ring is 1. The van der Waals surface area contributed by atoms with Crippen molar-refractivity contribution in [1.29, 1.82) is 0 Å². The molecule has 1 fully saturated rings. The molecule has 0 amide bonds. The molecule has 0 heterocycles. The lowest BCUT2D eigenvalue weighted by atomic mass is 10.1. The van der Waals surface area contributed by atoms with Gasteiger partial charge in [-0.15, -0.1) is 0 Å². The molecule has 1 aliphatic carbocycles. The van der Waals surface area contributed by atoms with Crippen LogP contribution in [0.2, 0.25) is 0 Å². The van der Waals surface area contributed by atoms with Crippen LogP contribution in [-0.4, -0.2) is 13.7 Å². The van der Waals surface area contributed by atoms with Gasteiger partial charge in [0.25, 0.3) is 0 Å². The van der Waals surface area contributed by atoms with Crippen LogP contribution in [0.4, 0.5) is 5.69 Å². The second kappa shape index (κ2) is 5.41. The first kappa shape index (κ1) is 12.2. The summed E-state index contributed by atoms with van der Waals surface area (Å²) in [6, 6.07) is 5.86. The molecule has 0 aliphatic heterocycles. The highest BCUT2D eigenvalue weighted by molar-refractivity contribution is 5.51. The Morgan fingerprint density at radius 2 is 2.24 bits per heavy atom. The first-order valence-electron chi connectivity index (χ1n) is 6.34. The summed E-state index contributed by atoms with van der Waals surface area (Å²) in [5.41, 5.74) is 7.91. The van der Waals surface area contributed by atoms with Gasteiger partial charge in [0.05, 0.1) is 7.11 Å². The lowest BCUT2D eigenvalue weighted by molar-refractivity contribution is 0.414. The summed E-state index contributed by atoms with van der Waals surface area (Å²) in [5.74, 6) is 2.56. The van der Waals surface area contributed by atoms with Crippen molar-refractivity contribution in [3.63, 3.8) is 0 Å². The number of hydrogen-bond acceptors (Lipinski definition) is 3. The Balaban J connectivity index is 1.81. The average molecular weight is 234 g/mol. The Kier molecular flexibility index (Phi) is 3.89. The highest BCUT2D eigenvalue weighted by Gasteiger charge is 2.27. The molecule has 17 heavy (non-hydrogen) atoms. The molecular formula is C14H22N2O. The molecule has 3 nitrogen and oxygen atoms in total. The van der Waals surface area contributed by atoms with E-state index >= 15 is 0 Å². The van der Waals surface area contributed by atoms with Gasteiger partial charge in [0.1, 0.15) is 5.75 Å². The topological polar surface area (TPSA) is 47.3 Å². The van der Waals surface area contributed by atoms with E-state index in [0.717, 1.165) is 41.9 Å². The Morgan fingerprint density at radius 1 is 1.47 bits per heavy atom. The van der Waals surface area contributed by atoms with Crippen LogP contribution in [0.5, 0.6) is 5.75 Å². The number of hydrogen-bond donors (Lipinski definition) is 2. The van der Waals surface area contributed by atoms with E-state index in [-0.39, 0.29) is 0 Å². The molecule has 0 aromatic heterocycles. The van der Waals surface area contributed by atoms with E-state index in [2.05, 4.69) is 12.2 Å². The van der Waals surface area contributed by atoms with Crippen molar-refractivity contribution in [3.8, 4) is 5.75 Å². The fourth-order valence-corrected chi connectivity index (χ4v) is 2.13. The van der Waals surface area contributed by atoms with Crippen molar-refractivity contribution in [2.24, 2.45) is 11.8 Å². The molecular weight excluding hydrogens is 212 g/mol. The maximum Gasteiger partial charge on any atom is 0.120 e. The number of benzene rings is 1. The minimum Gasteiger partial charge on any atom is -0.497 e. The molecule has 1 unspecified atom stereocenters.